The zero-order valence-corrected chi connectivity index (χ0v) is 15.9. The number of benzene rings is 2. The van der Waals surface area contributed by atoms with Gasteiger partial charge in [0.15, 0.2) is 16.4 Å². The molecule has 138 valence electrons. The lowest BCUT2D eigenvalue weighted by atomic mass is 10.1. The van der Waals surface area contributed by atoms with Gasteiger partial charge >= 0.3 is 5.97 Å². The van der Waals surface area contributed by atoms with Crippen molar-refractivity contribution in [3.05, 3.63) is 58.7 Å². The number of amides is 1. The number of anilines is 1. The summed E-state index contributed by atoms with van der Waals surface area (Å²) in [5.74, 6) is -1.22. The Bertz CT molecular complexity index is 944. The molecule has 1 amide bonds. The highest BCUT2D eigenvalue weighted by Crippen LogP contribution is 2.17. The first-order valence-electron chi connectivity index (χ1n) is 7.92. The second-order valence-electron chi connectivity index (χ2n) is 6.25. The van der Waals surface area contributed by atoms with Gasteiger partial charge in [-0.15, -0.1) is 0 Å². The van der Waals surface area contributed by atoms with Crippen molar-refractivity contribution in [3.63, 3.8) is 0 Å². The largest absolute Gasteiger partial charge is 0.452 e. The van der Waals surface area contributed by atoms with E-state index in [2.05, 4.69) is 5.32 Å². The number of aryl methyl sites for hydroxylation is 3. The van der Waals surface area contributed by atoms with Crippen LogP contribution in [0.1, 0.15) is 27.0 Å². The van der Waals surface area contributed by atoms with Crippen LogP contribution in [0.2, 0.25) is 0 Å². The van der Waals surface area contributed by atoms with Gasteiger partial charge in [0.2, 0.25) is 0 Å². The molecule has 0 saturated carbocycles. The maximum Gasteiger partial charge on any atom is 0.338 e. The third kappa shape index (κ3) is 5.16. The van der Waals surface area contributed by atoms with Crippen LogP contribution in [0.5, 0.6) is 0 Å². The molecule has 2 rings (SSSR count). The molecule has 0 unspecified atom stereocenters. The van der Waals surface area contributed by atoms with Gasteiger partial charge in [-0.1, -0.05) is 12.1 Å². The Morgan fingerprint density at radius 3 is 2.19 bits per heavy atom. The van der Waals surface area contributed by atoms with Crippen molar-refractivity contribution in [3.8, 4) is 0 Å². The average molecular weight is 375 g/mol. The zero-order chi connectivity index (χ0) is 19.5. The Labute approximate surface area is 153 Å². The molecule has 0 saturated heterocycles. The van der Waals surface area contributed by atoms with E-state index in [1.54, 1.807) is 6.92 Å². The molecular weight excluding hydrogens is 354 g/mol. The van der Waals surface area contributed by atoms with Gasteiger partial charge in [-0.05, 0) is 61.7 Å². The van der Waals surface area contributed by atoms with Crippen LogP contribution in [-0.2, 0) is 19.4 Å². The molecular formula is C19H21NO5S. The second kappa shape index (κ2) is 7.70. The molecule has 0 atom stereocenters. The molecule has 0 spiro atoms. The quantitative estimate of drug-likeness (QED) is 0.812. The molecule has 0 bridgehead atoms. The third-order valence-electron chi connectivity index (χ3n) is 3.70. The number of sulfone groups is 1. The summed E-state index contributed by atoms with van der Waals surface area (Å²) in [4.78, 5) is 24.2. The molecule has 1 N–H and O–H groups in total. The minimum Gasteiger partial charge on any atom is -0.452 e. The number of carbonyl (C=O) groups excluding carboxylic acids is 2. The molecule has 2 aromatic rings. The van der Waals surface area contributed by atoms with E-state index in [9.17, 15) is 18.0 Å². The van der Waals surface area contributed by atoms with E-state index in [1.807, 2.05) is 32.0 Å². The summed E-state index contributed by atoms with van der Waals surface area (Å²) in [6.07, 6.45) is 1.06. The fourth-order valence-electron chi connectivity index (χ4n) is 2.50. The summed E-state index contributed by atoms with van der Waals surface area (Å²) in [6, 6.07) is 9.82. The lowest BCUT2D eigenvalue weighted by molar-refractivity contribution is -0.119. The smallest absolute Gasteiger partial charge is 0.338 e. The van der Waals surface area contributed by atoms with Gasteiger partial charge in [0.25, 0.3) is 5.91 Å². The van der Waals surface area contributed by atoms with Gasteiger partial charge in [-0.2, -0.15) is 0 Å². The van der Waals surface area contributed by atoms with Gasteiger partial charge < -0.3 is 10.1 Å². The molecule has 0 aromatic heterocycles. The van der Waals surface area contributed by atoms with Gasteiger partial charge in [0.1, 0.15) is 0 Å². The maximum atomic E-state index is 12.2. The summed E-state index contributed by atoms with van der Waals surface area (Å²) >= 11 is 0. The highest BCUT2D eigenvalue weighted by Gasteiger charge is 2.16. The first-order valence-corrected chi connectivity index (χ1v) is 9.81. The van der Waals surface area contributed by atoms with Crippen LogP contribution in [0.4, 0.5) is 5.69 Å². The van der Waals surface area contributed by atoms with E-state index in [0.29, 0.717) is 11.3 Å². The molecule has 2 aromatic carbocycles. The Hall–Kier alpha value is -2.67. The first kappa shape index (κ1) is 19.7. The van der Waals surface area contributed by atoms with Crippen LogP contribution < -0.4 is 5.32 Å². The lowest BCUT2D eigenvalue weighted by Gasteiger charge is -2.10. The minimum atomic E-state index is -3.44. The fourth-order valence-corrected chi connectivity index (χ4v) is 3.15. The topological polar surface area (TPSA) is 89.5 Å². The SMILES string of the molecule is Cc1cc(C)cc(NC(=O)COC(=O)c2cc(S(C)(=O)=O)ccc2C)c1. The predicted octanol–water partition coefficient (Wildman–Crippen LogP) is 2.81. The molecule has 26 heavy (non-hydrogen) atoms. The van der Waals surface area contributed by atoms with E-state index < -0.39 is 28.3 Å². The van der Waals surface area contributed by atoms with Crippen molar-refractivity contribution < 1.29 is 22.7 Å². The van der Waals surface area contributed by atoms with E-state index >= 15 is 0 Å². The van der Waals surface area contributed by atoms with Crippen LogP contribution >= 0.6 is 0 Å². The summed E-state index contributed by atoms with van der Waals surface area (Å²) < 4.78 is 28.3. The number of carbonyl (C=O) groups is 2. The summed E-state index contributed by atoms with van der Waals surface area (Å²) in [7, 11) is -3.44. The van der Waals surface area contributed by atoms with Crippen molar-refractivity contribution in [2.75, 3.05) is 18.2 Å². The monoisotopic (exact) mass is 375 g/mol. The van der Waals surface area contributed by atoms with Crippen molar-refractivity contribution in [1.82, 2.24) is 0 Å². The highest BCUT2D eigenvalue weighted by atomic mass is 32.2. The molecule has 0 radical (unpaired) electrons. The highest BCUT2D eigenvalue weighted by molar-refractivity contribution is 7.90. The Balaban J connectivity index is 2.05. The van der Waals surface area contributed by atoms with Crippen molar-refractivity contribution in [2.24, 2.45) is 0 Å². The number of hydrogen-bond donors (Lipinski definition) is 1. The summed E-state index contributed by atoms with van der Waals surface area (Å²) in [5.41, 5.74) is 3.32. The number of rotatable bonds is 5. The summed E-state index contributed by atoms with van der Waals surface area (Å²) in [5, 5.41) is 2.67. The molecule has 0 aliphatic carbocycles. The maximum absolute atomic E-state index is 12.2. The van der Waals surface area contributed by atoms with Crippen molar-refractivity contribution in [1.29, 1.82) is 0 Å². The molecule has 7 heteroatoms. The third-order valence-corrected chi connectivity index (χ3v) is 4.81. The van der Waals surface area contributed by atoms with Gasteiger partial charge in [0.05, 0.1) is 10.5 Å². The molecule has 6 nitrogen and oxygen atoms in total. The number of nitrogens with one attached hydrogen (secondary N) is 1. The number of ether oxygens (including phenoxy) is 1. The summed E-state index contributed by atoms with van der Waals surface area (Å²) in [6.45, 7) is 5.03. The van der Waals surface area contributed by atoms with Gasteiger partial charge in [-0.25, -0.2) is 13.2 Å². The van der Waals surface area contributed by atoms with E-state index in [0.717, 1.165) is 17.4 Å². The Morgan fingerprint density at radius 1 is 1.00 bits per heavy atom. The van der Waals surface area contributed by atoms with Crippen molar-refractivity contribution in [2.45, 2.75) is 25.7 Å². The van der Waals surface area contributed by atoms with Crippen LogP contribution in [0, 0.1) is 20.8 Å². The van der Waals surface area contributed by atoms with E-state index in [1.165, 1.54) is 18.2 Å². The Kier molecular flexibility index (Phi) is 5.82. The fraction of sp³-hybridized carbons (Fsp3) is 0.263. The Morgan fingerprint density at radius 2 is 1.62 bits per heavy atom. The molecule has 0 aliphatic heterocycles. The van der Waals surface area contributed by atoms with Crippen LogP contribution in [0.25, 0.3) is 0 Å². The standard InChI is InChI=1S/C19H21NO5S/c1-12-7-13(2)9-15(8-12)20-18(21)11-25-19(22)17-10-16(26(4,23)24)6-5-14(17)3/h5-10H,11H2,1-4H3,(H,20,21). The van der Waals surface area contributed by atoms with E-state index in [4.69, 9.17) is 4.74 Å². The van der Waals surface area contributed by atoms with Crippen LogP contribution in [0.3, 0.4) is 0 Å². The number of hydrogen-bond acceptors (Lipinski definition) is 5. The molecule has 0 heterocycles. The normalized spacial score (nSPS) is 11.1. The van der Waals surface area contributed by atoms with Gasteiger partial charge in [0, 0.05) is 11.9 Å². The predicted molar refractivity (Wildman–Crippen MR) is 99.1 cm³/mol. The first-order chi connectivity index (χ1) is 12.1. The zero-order valence-electron chi connectivity index (χ0n) is 15.1. The van der Waals surface area contributed by atoms with Crippen LogP contribution in [-0.4, -0.2) is 33.2 Å². The van der Waals surface area contributed by atoms with Crippen molar-refractivity contribution >= 4 is 27.4 Å². The number of esters is 1. The molecule has 0 aliphatic rings. The van der Waals surface area contributed by atoms with Gasteiger partial charge in [-0.3, -0.25) is 4.79 Å². The second-order valence-corrected chi connectivity index (χ2v) is 8.27. The average Bonchev–Trinajstić information content (AvgIpc) is 2.51. The van der Waals surface area contributed by atoms with Crippen LogP contribution in [0.15, 0.2) is 41.3 Å². The lowest BCUT2D eigenvalue weighted by Crippen LogP contribution is -2.21. The van der Waals surface area contributed by atoms with E-state index in [-0.39, 0.29) is 10.5 Å². The molecule has 0 fully saturated rings. The minimum absolute atomic E-state index is 0.0229.